The van der Waals surface area contributed by atoms with E-state index in [0.717, 1.165) is 76.2 Å². The molecule has 40 heavy (non-hydrogen) atoms. The third kappa shape index (κ3) is 6.80. The molecule has 0 bridgehead atoms. The quantitative estimate of drug-likeness (QED) is 0.249. The van der Waals surface area contributed by atoms with Crippen LogP contribution >= 0.6 is 0 Å². The summed E-state index contributed by atoms with van der Waals surface area (Å²) in [4.78, 5) is 16.8. The topological polar surface area (TPSA) is 147 Å². The highest BCUT2D eigenvalue weighted by molar-refractivity contribution is 6.13. The van der Waals surface area contributed by atoms with Crippen molar-refractivity contribution in [3.05, 3.63) is 65.2 Å². The van der Waals surface area contributed by atoms with Gasteiger partial charge in [-0.15, -0.1) is 10.2 Å². The number of carboxylic acids is 1. The monoisotopic (exact) mass is 570 g/mol. The summed E-state index contributed by atoms with van der Waals surface area (Å²) in [6.45, 7) is 16.4. The summed E-state index contributed by atoms with van der Waals surface area (Å²) < 4.78 is 40.5. The molecule has 214 valence electrons. The Morgan fingerprint density at radius 3 is 1.55 bits per heavy atom. The first-order valence-electron chi connectivity index (χ1n) is 13.1. The zero-order valence-electron chi connectivity index (χ0n) is 23.6. The fourth-order valence-corrected chi connectivity index (χ4v) is 5.17. The standard InChI is InChI=1S/C30H34N2O3.ClHO4/c1-7-31(8-2)25-17-27-23(15-19(25)5)29(21-13-11-12-14-22(21)30(33)34)24-16-20(6)26(18-28(24)35-27)32(9-3)10-4;2-1(3,4)5/h11-18H,7-10H2,1-6H3;(H,2,3,4,5). The second kappa shape index (κ2) is 12.8. The first-order valence-corrected chi connectivity index (χ1v) is 14.4. The van der Waals surface area contributed by atoms with E-state index in [4.69, 9.17) is 23.1 Å². The summed E-state index contributed by atoms with van der Waals surface area (Å²) in [5.74, 6) is -0.935. The number of hydrogen-bond acceptors (Lipinski definition) is 7. The maximum absolute atomic E-state index is 12.2. The van der Waals surface area contributed by atoms with Gasteiger partial charge in [-0.1, -0.05) is 18.2 Å². The van der Waals surface area contributed by atoms with Crippen LogP contribution in [-0.2, 0) is 0 Å². The molecule has 0 radical (unpaired) electrons. The number of hydrogen-bond donors (Lipinski definition) is 1. The van der Waals surface area contributed by atoms with E-state index in [2.05, 4.69) is 75.6 Å². The molecule has 10 heteroatoms. The molecule has 4 rings (SSSR count). The normalized spacial score (nSPS) is 11.3. The van der Waals surface area contributed by atoms with Gasteiger partial charge in [0.2, 0.25) is 0 Å². The molecule has 0 atom stereocenters. The molecule has 0 unspecified atom stereocenters. The summed E-state index contributed by atoms with van der Waals surface area (Å²) in [5, 5.41) is 11.9. The second-order valence-electron chi connectivity index (χ2n) is 9.32. The van der Waals surface area contributed by atoms with Crippen LogP contribution in [0.15, 0.2) is 52.9 Å². The van der Waals surface area contributed by atoms with E-state index in [9.17, 15) is 9.90 Å². The number of nitrogens with zero attached hydrogens (tertiary/aromatic N) is 2. The minimum Gasteiger partial charge on any atom is -0.478 e. The lowest BCUT2D eigenvalue weighted by atomic mass is 9.91. The molecule has 0 spiro atoms. The average Bonchev–Trinajstić information content (AvgIpc) is 2.89. The van der Waals surface area contributed by atoms with Crippen molar-refractivity contribution in [2.45, 2.75) is 41.5 Å². The molecule has 3 aromatic carbocycles. The highest BCUT2D eigenvalue weighted by Gasteiger charge is 2.26. The van der Waals surface area contributed by atoms with Crippen LogP contribution in [0, 0.1) is 24.1 Å². The molecule has 0 fully saturated rings. The van der Waals surface area contributed by atoms with Gasteiger partial charge in [-0.25, -0.2) is 27.8 Å². The van der Waals surface area contributed by atoms with Crippen molar-refractivity contribution in [1.29, 1.82) is 0 Å². The molecule has 0 aliphatic heterocycles. The number of anilines is 2. The van der Waals surface area contributed by atoms with Crippen LogP contribution in [0.2, 0.25) is 0 Å². The van der Waals surface area contributed by atoms with E-state index in [1.807, 2.05) is 12.1 Å². The SMILES string of the molecule is CCN(CC)c1cc2[o+]c3cc(N(CC)CC)c(C)cc3c(-c3ccccc3C(=O)O)c2cc1C.[O-][Cl+3]([O-])([O-])[O-]. The zero-order chi connectivity index (χ0) is 29.8. The number of aryl methyl sites for hydroxylation is 2. The van der Waals surface area contributed by atoms with Crippen molar-refractivity contribution < 1.29 is 43.2 Å². The number of carbonyl (C=O) groups is 1. The Labute approximate surface area is 236 Å². The molecule has 0 aliphatic rings. The Morgan fingerprint density at radius 2 is 1.18 bits per heavy atom. The number of halogens is 1. The first-order chi connectivity index (χ1) is 18.8. The van der Waals surface area contributed by atoms with Gasteiger partial charge in [0.25, 0.3) is 0 Å². The first kappa shape index (κ1) is 31.1. The van der Waals surface area contributed by atoms with Crippen molar-refractivity contribution >= 4 is 39.3 Å². The van der Waals surface area contributed by atoms with E-state index in [1.165, 1.54) is 0 Å². The molecular weight excluding hydrogens is 536 g/mol. The van der Waals surface area contributed by atoms with Gasteiger partial charge in [-0.05, 0) is 76.4 Å². The molecule has 0 amide bonds. The van der Waals surface area contributed by atoms with Crippen LogP contribution in [0.25, 0.3) is 33.1 Å². The Bertz CT molecular complexity index is 1430. The smallest absolute Gasteiger partial charge is 0.363 e. The fourth-order valence-electron chi connectivity index (χ4n) is 5.17. The Morgan fingerprint density at radius 1 is 0.775 bits per heavy atom. The highest BCUT2D eigenvalue weighted by Crippen LogP contribution is 2.42. The van der Waals surface area contributed by atoms with E-state index in [1.54, 1.807) is 12.1 Å². The Balaban J connectivity index is 0.000000810. The molecular formula is C30H35ClN2O7. The number of fused-ring (bicyclic) bond motifs is 2. The van der Waals surface area contributed by atoms with E-state index in [0.29, 0.717) is 5.56 Å². The lowest BCUT2D eigenvalue weighted by Crippen LogP contribution is -2.68. The third-order valence-electron chi connectivity index (χ3n) is 6.99. The predicted octanol–water partition coefficient (Wildman–Crippen LogP) is 2.79. The summed E-state index contributed by atoms with van der Waals surface area (Å²) in [6, 6.07) is 15.8. The van der Waals surface area contributed by atoms with Crippen molar-refractivity contribution in [1.82, 2.24) is 0 Å². The zero-order valence-corrected chi connectivity index (χ0v) is 24.4. The van der Waals surface area contributed by atoms with Gasteiger partial charge in [-0.3, -0.25) is 0 Å². The third-order valence-corrected chi connectivity index (χ3v) is 6.99. The largest absolute Gasteiger partial charge is 0.478 e. The number of rotatable bonds is 8. The van der Waals surface area contributed by atoms with Gasteiger partial charge in [0.15, 0.2) is 0 Å². The van der Waals surface area contributed by atoms with E-state index >= 15 is 0 Å². The van der Waals surface area contributed by atoms with Crippen LogP contribution in [0.4, 0.5) is 11.4 Å². The maximum atomic E-state index is 12.2. The summed E-state index contributed by atoms with van der Waals surface area (Å²) in [5.41, 5.74) is 7.97. The van der Waals surface area contributed by atoms with Gasteiger partial charge >= 0.3 is 17.1 Å². The van der Waals surface area contributed by atoms with E-state index in [-0.39, 0.29) is 5.56 Å². The minimum atomic E-state index is -4.94. The van der Waals surface area contributed by atoms with Gasteiger partial charge < -0.3 is 14.9 Å². The maximum Gasteiger partial charge on any atom is 0.363 e. The van der Waals surface area contributed by atoms with E-state index < -0.39 is 16.2 Å². The molecule has 0 aliphatic carbocycles. The van der Waals surface area contributed by atoms with Crippen molar-refractivity contribution in [3.8, 4) is 11.1 Å². The minimum absolute atomic E-state index is 0.289. The van der Waals surface area contributed by atoms with Crippen molar-refractivity contribution in [2.75, 3.05) is 36.0 Å². The molecule has 4 aromatic rings. The summed E-state index contributed by atoms with van der Waals surface area (Å²) in [7, 11) is -4.94. The highest BCUT2D eigenvalue weighted by atomic mass is 35.7. The van der Waals surface area contributed by atoms with Crippen LogP contribution in [-0.4, -0.2) is 37.3 Å². The molecule has 0 saturated heterocycles. The lowest BCUT2D eigenvalue weighted by Gasteiger charge is -2.23. The molecule has 9 nitrogen and oxygen atoms in total. The van der Waals surface area contributed by atoms with Gasteiger partial charge in [-0.2, -0.15) is 0 Å². The molecule has 1 heterocycles. The van der Waals surface area contributed by atoms with Crippen LogP contribution in [0.1, 0.15) is 49.2 Å². The molecule has 1 N–H and O–H groups in total. The van der Waals surface area contributed by atoms with Crippen LogP contribution in [0.3, 0.4) is 0 Å². The Hall–Kier alpha value is -3.47. The van der Waals surface area contributed by atoms with Crippen molar-refractivity contribution in [2.24, 2.45) is 0 Å². The molecule has 1 aromatic heterocycles. The second-order valence-corrected chi connectivity index (χ2v) is 10.1. The lowest BCUT2D eigenvalue weighted by molar-refractivity contribution is -2.00. The predicted molar refractivity (Wildman–Crippen MR) is 147 cm³/mol. The van der Waals surface area contributed by atoms with Gasteiger partial charge in [0.1, 0.15) is 0 Å². The number of benzene rings is 3. The van der Waals surface area contributed by atoms with Crippen LogP contribution < -0.4 is 28.4 Å². The number of carboxylic acid groups (broad SMARTS) is 1. The number of aromatic carboxylic acids is 1. The molecule has 0 saturated carbocycles. The van der Waals surface area contributed by atoms with Gasteiger partial charge in [0, 0.05) is 43.1 Å². The summed E-state index contributed by atoms with van der Waals surface area (Å²) in [6.07, 6.45) is 0. The average molecular weight is 571 g/mol. The van der Waals surface area contributed by atoms with Crippen molar-refractivity contribution in [3.63, 3.8) is 0 Å². The van der Waals surface area contributed by atoms with Crippen LogP contribution in [0.5, 0.6) is 0 Å². The summed E-state index contributed by atoms with van der Waals surface area (Å²) >= 11 is 0. The fraction of sp³-hybridized carbons (Fsp3) is 0.333. The van der Waals surface area contributed by atoms with Gasteiger partial charge in [0.05, 0.1) is 28.5 Å². The Kier molecular flexibility index (Phi) is 9.94.